The second-order valence-corrected chi connectivity index (χ2v) is 5.25. The van der Waals surface area contributed by atoms with Gasteiger partial charge in [0.1, 0.15) is 6.07 Å². The lowest BCUT2D eigenvalue weighted by Crippen LogP contribution is -2.08. The molecular weight excluding hydrogens is 311 g/mol. The van der Waals surface area contributed by atoms with E-state index in [-0.39, 0.29) is 10.6 Å². The summed E-state index contributed by atoms with van der Waals surface area (Å²) in [5.74, 6) is -0.419. The van der Waals surface area contributed by atoms with E-state index >= 15 is 0 Å². The fourth-order valence-corrected chi connectivity index (χ4v) is 1.98. The highest BCUT2D eigenvalue weighted by atomic mass is 79.9. The Morgan fingerprint density at radius 2 is 2.16 bits per heavy atom. The molecule has 0 atom stereocenters. The lowest BCUT2D eigenvalue weighted by Gasteiger charge is -2.10. The average Bonchev–Trinajstić information content (AvgIpc) is 2.38. The van der Waals surface area contributed by atoms with Crippen molar-refractivity contribution in [3.8, 4) is 6.07 Å². The largest absolute Gasteiger partial charge is 0.383 e. The molecule has 1 aromatic rings. The van der Waals surface area contributed by atoms with Crippen molar-refractivity contribution in [2.24, 2.45) is 0 Å². The van der Waals surface area contributed by atoms with Gasteiger partial charge in [-0.2, -0.15) is 5.26 Å². The van der Waals surface area contributed by atoms with Gasteiger partial charge in [-0.1, -0.05) is 0 Å². The highest BCUT2D eigenvalue weighted by Gasteiger charge is 2.10. The summed E-state index contributed by atoms with van der Waals surface area (Å²) in [6.07, 6.45) is 2.09. The minimum Gasteiger partial charge on any atom is -0.383 e. The van der Waals surface area contributed by atoms with Crippen LogP contribution in [0.25, 0.3) is 0 Å². The Morgan fingerprint density at radius 3 is 2.79 bits per heavy atom. The number of nitrogens with one attached hydrogen (secondary N) is 1. The number of nitrogens with zero attached hydrogens (tertiary/aromatic N) is 1. The molecule has 0 bridgehead atoms. The van der Waals surface area contributed by atoms with Gasteiger partial charge >= 0.3 is 0 Å². The predicted molar refractivity (Wildman–Crippen MR) is 77.6 cm³/mol. The summed E-state index contributed by atoms with van der Waals surface area (Å²) in [5.41, 5.74) is 0.712. The maximum absolute atomic E-state index is 13.8. The molecule has 0 radical (unpaired) electrons. The van der Waals surface area contributed by atoms with Crippen LogP contribution in [0.4, 0.5) is 10.1 Å². The van der Waals surface area contributed by atoms with Gasteiger partial charge in [-0.15, -0.1) is 0 Å². The highest BCUT2D eigenvalue weighted by molar-refractivity contribution is 9.10. The second kappa shape index (κ2) is 8.13. The van der Waals surface area contributed by atoms with E-state index in [1.807, 2.05) is 19.9 Å². The van der Waals surface area contributed by atoms with E-state index in [0.717, 1.165) is 19.4 Å². The Kier molecular flexibility index (Phi) is 6.82. The maximum atomic E-state index is 13.8. The lowest BCUT2D eigenvalue weighted by molar-refractivity contribution is 0.0765. The van der Waals surface area contributed by atoms with E-state index in [9.17, 15) is 4.39 Å². The molecule has 19 heavy (non-hydrogen) atoms. The number of nitriles is 1. The molecule has 0 aliphatic heterocycles. The molecule has 0 heterocycles. The summed E-state index contributed by atoms with van der Waals surface area (Å²) in [5, 5.41) is 11.8. The lowest BCUT2D eigenvalue weighted by atomic mass is 10.2. The Morgan fingerprint density at radius 1 is 1.42 bits per heavy atom. The van der Waals surface area contributed by atoms with E-state index in [2.05, 4.69) is 21.2 Å². The van der Waals surface area contributed by atoms with Gasteiger partial charge in [-0.05, 0) is 54.8 Å². The van der Waals surface area contributed by atoms with Crippen LogP contribution in [-0.4, -0.2) is 19.3 Å². The first-order valence-corrected chi connectivity index (χ1v) is 7.09. The Hall–Kier alpha value is -1.12. The number of unbranched alkanes of at least 4 members (excludes halogenated alkanes) is 1. The van der Waals surface area contributed by atoms with Gasteiger partial charge in [-0.3, -0.25) is 0 Å². The number of halogens is 2. The van der Waals surface area contributed by atoms with Crippen LogP contribution in [0.5, 0.6) is 0 Å². The van der Waals surface area contributed by atoms with Gasteiger partial charge in [0.2, 0.25) is 0 Å². The van der Waals surface area contributed by atoms with Gasteiger partial charge in [0.25, 0.3) is 0 Å². The molecule has 104 valence electrons. The number of hydrogen-bond acceptors (Lipinski definition) is 3. The molecule has 0 aliphatic carbocycles. The van der Waals surface area contributed by atoms with Crippen molar-refractivity contribution in [3.63, 3.8) is 0 Å². The van der Waals surface area contributed by atoms with Crippen molar-refractivity contribution in [2.45, 2.75) is 32.8 Å². The molecular formula is C14H18BrFN2O. The van der Waals surface area contributed by atoms with Crippen molar-refractivity contribution in [3.05, 3.63) is 28.0 Å². The highest BCUT2D eigenvalue weighted by Crippen LogP contribution is 2.26. The Bertz CT molecular complexity index is 457. The second-order valence-electron chi connectivity index (χ2n) is 4.45. The van der Waals surface area contributed by atoms with Crippen LogP contribution in [0.1, 0.15) is 32.3 Å². The standard InChI is InChI=1S/C14H18BrFN2O/c1-10(2)19-8-4-3-7-18-12-6-5-11(9-17)13(15)14(12)16/h5-6,10,18H,3-4,7-8H2,1-2H3. The Labute approximate surface area is 121 Å². The van der Waals surface area contributed by atoms with Gasteiger partial charge < -0.3 is 10.1 Å². The van der Waals surface area contributed by atoms with Gasteiger partial charge in [0, 0.05) is 13.2 Å². The van der Waals surface area contributed by atoms with Gasteiger partial charge in [0.15, 0.2) is 5.82 Å². The van der Waals surface area contributed by atoms with E-state index in [1.165, 1.54) is 0 Å². The van der Waals surface area contributed by atoms with Gasteiger partial charge in [-0.25, -0.2) is 4.39 Å². The summed E-state index contributed by atoms with van der Waals surface area (Å²) >= 11 is 3.08. The van der Waals surface area contributed by atoms with Crippen molar-refractivity contribution in [1.29, 1.82) is 5.26 Å². The minimum atomic E-state index is -0.419. The van der Waals surface area contributed by atoms with Crippen LogP contribution < -0.4 is 5.32 Å². The van der Waals surface area contributed by atoms with E-state index in [4.69, 9.17) is 10.00 Å². The molecule has 0 aliphatic rings. The van der Waals surface area contributed by atoms with Crippen LogP contribution in [0, 0.1) is 17.1 Å². The SMILES string of the molecule is CC(C)OCCCCNc1ccc(C#N)c(Br)c1F. The first kappa shape index (κ1) is 15.9. The zero-order valence-corrected chi connectivity index (χ0v) is 12.8. The fourth-order valence-electron chi connectivity index (χ4n) is 1.54. The van der Waals surface area contributed by atoms with Crippen LogP contribution >= 0.6 is 15.9 Å². The molecule has 5 heteroatoms. The van der Waals surface area contributed by atoms with Crippen LogP contribution in [0.2, 0.25) is 0 Å². The number of benzene rings is 1. The minimum absolute atomic E-state index is 0.211. The molecule has 0 unspecified atom stereocenters. The smallest absolute Gasteiger partial charge is 0.161 e. The maximum Gasteiger partial charge on any atom is 0.161 e. The molecule has 1 aromatic carbocycles. The molecule has 0 aromatic heterocycles. The Balaban J connectivity index is 2.38. The molecule has 0 fully saturated rings. The zero-order chi connectivity index (χ0) is 14.3. The summed E-state index contributed by atoms with van der Waals surface area (Å²) in [7, 11) is 0. The van der Waals surface area contributed by atoms with Crippen LogP contribution in [0.15, 0.2) is 16.6 Å². The van der Waals surface area contributed by atoms with Crippen molar-refractivity contribution in [1.82, 2.24) is 0 Å². The van der Waals surface area contributed by atoms with Crippen LogP contribution in [0.3, 0.4) is 0 Å². The normalized spacial score (nSPS) is 10.5. The molecule has 0 saturated carbocycles. The monoisotopic (exact) mass is 328 g/mol. The molecule has 1 rings (SSSR count). The summed E-state index contributed by atoms with van der Waals surface area (Å²) in [6, 6.07) is 5.11. The number of hydrogen-bond donors (Lipinski definition) is 1. The van der Waals surface area contributed by atoms with E-state index < -0.39 is 5.82 Å². The third kappa shape index (κ3) is 5.17. The third-order valence-electron chi connectivity index (χ3n) is 2.54. The first-order valence-electron chi connectivity index (χ1n) is 6.29. The van der Waals surface area contributed by atoms with Crippen molar-refractivity contribution < 1.29 is 9.13 Å². The summed E-state index contributed by atoms with van der Waals surface area (Å²) < 4.78 is 19.5. The average molecular weight is 329 g/mol. The van der Waals surface area contributed by atoms with Crippen LogP contribution in [-0.2, 0) is 4.74 Å². The third-order valence-corrected chi connectivity index (χ3v) is 3.32. The molecule has 0 amide bonds. The molecule has 1 N–H and O–H groups in total. The number of anilines is 1. The first-order chi connectivity index (χ1) is 9.06. The van der Waals surface area contributed by atoms with Crippen molar-refractivity contribution >= 4 is 21.6 Å². The predicted octanol–water partition coefficient (Wildman–Crippen LogP) is 4.08. The number of ether oxygens (including phenoxy) is 1. The topological polar surface area (TPSA) is 45.0 Å². The summed E-state index contributed by atoms with van der Waals surface area (Å²) in [6.45, 7) is 5.40. The molecule has 0 saturated heterocycles. The molecule has 0 spiro atoms. The number of rotatable bonds is 7. The summed E-state index contributed by atoms with van der Waals surface area (Å²) in [4.78, 5) is 0. The quantitative estimate of drug-likeness (QED) is 0.767. The van der Waals surface area contributed by atoms with E-state index in [1.54, 1.807) is 12.1 Å². The fraction of sp³-hybridized carbons (Fsp3) is 0.500. The van der Waals surface area contributed by atoms with E-state index in [0.29, 0.717) is 17.8 Å². The van der Waals surface area contributed by atoms with Crippen molar-refractivity contribution in [2.75, 3.05) is 18.5 Å². The van der Waals surface area contributed by atoms with Gasteiger partial charge in [0.05, 0.1) is 21.8 Å². The molecule has 3 nitrogen and oxygen atoms in total. The zero-order valence-electron chi connectivity index (χ0n) is 11.2.